The Bertz CT molecular complexity index is 590. The van der Waals surface area contributed by atoms with Gasteiger partial charge in [-0.05, 0) is 12.5 Å². The van der Waals surface area contributed by atoms with E-state index < -0.39 is 4.92 Å². The van der Waals surface area contributed by atoms with E-state index in [1.165, 1.54) is 12.1 Å². The predicted octanol–water partition coefficient (Wildman–Crippen LogP) is 0.898. The van der Waals surface area contributed by atoms with Crippen molar-refractivity contribution in [3.63, 3.8) is 0 Å². The summed E-state index contributed by atoms with van der Waals surface area (Å²) in [5, 5.41) is 20.3. The lowest BCUT2D eigenvalue weighted by Gasteiger charge is -2.39. The lowest BCUT2D eigenvalue weighted by atomic mass is 10.1. The fraction of sp³-hybridized carbons (Fsp3) is 0.500. The van der Waals surface area contributed by atoms with Gasteiger partial charge in [-0.15, -0.1) is 0 Å². The van der Waals surface area contributed by atoms with Gasteiger partial charge in [-0.3, -0.25) is 14.9 Å². The van der Waals surface area contributed by atoms with Crippen LogP contribution in [0.5, 0.6) is 0 Å². The zero-order valence-corrected chi connectivity index (χ0v) is 11.6. The van der Waals surface area contributed by atoms with Crippen LogP contribution in [0.25, 0.3) is 0 Å². The van der Waals surface area contributed by atoms with E-state index in [0.717, 1.165) is 18.7 Å². The fourth-order valence-corrected chi connectivity index (χ4v) is 3.20. The highest BCUT2D eigenvalue weighted by molar-refractivity contribution is 5.79. The molecule has 0 aliphatic carbocycles. The van der Waals surface area contributed by atoms with Crippen LogP contribution in [0.2, 0.25) is 0 Å². The normalized spacial score (nSPS) is 21.6. The summed E-state index contributed by atoms with van der Waals surface area (Å²) in [4.78, 5) is 26.1. The molecule has 1 N–H and O–H groups in total. The molecule has 0 radical (unpaired) electrons. The topological polar surface area (TPSA) is 86.9 Å². The molecule has 1 aromatic rings. The molecular formula is C14H17N3O4. The molecule has 2 saturated heterocycles. The maximum absolute atomic E-state index is 11.7. The monoisotopic (exact) mass is 291 g/mol. The second kappa shape index (κ2) is 5.33. The molecular weight excluding hydrogens is 274 g/mol. The van der Waals surface area contributed by atoms with E-state index in [0.29, 0.717) is 25.1 Å². The number of hydrogen-bond donors (Lipinski definition) is 1. The molecule has 2 aliphatic heterocycles. The van der Waals surface area contributed by atoms with Crippen molar-refractivity contribution in [2.45, 2.75) is 25.5 Å². The predicted molar refractivity (Wildman–Crippen MR) is 76.0 cm³/mol. The average Bonchev–Trinajstić information content (AvgIpc) is 2.87. The van der Waals surface area contributed by atoms with Crippen molar-refractivity contribution in [3.05, 3.63) is 33.9 Å². The van der Waals surface area contributed by atoms with Gasteiger partial charge in [0.25, 0.3) is 5.69 Å². The van der Waals surface area contributed by atoms with Crippen LogP contribution in [-0.2, 0) is 11.4 Å². The lowest BCUT2D eigenvalue weighted by Crippen LogP contribution is -2.51. The average molecular weight is 291 g/mol. The highest BCUT2D eigenvalue weighted by atomic mass is 16.6. The number of nitrogens with zero attached hydrogens (tertiary/aromatic N) is 3. The quantitative estimate of drug-likeness (QED) is 0.660. The van der Waals surface area contributed by atoms with E-state index in [9.17, 15) is 20.0 Å². The Balaban J connectivity index is 1.84. The van der Waals surface area contributed by atoms with Gasteiger partial charge >= 0.3 is 0 Å². The van der Waals surface area contributed by atoms with E-state index in [1.807, 2.05) is 4.90 Å². The Morgan fingerprint density at radius 3 is 2.90 bits per heavy atom. The molecule has 7 heteroatoms. The molecule has 0 spiro atoms. The number of non-ortho nitro benzene ring substituents is 1. The van der Waals surface area contributed by atoms with Crippen LogP contribution in [0, 0.1) is 10.1 Å². The van der Waals surface area contributed by atoms with Crippen LogP contribution in [-0.4, -0.2) is 46.5 Å². The van der Waals surface area contributed by atoms with Crippen LogP contribution in [0.15, 0.2) is 18.2 Å². The standard InChI is InChI=1S/C14H17N3O4/c18-9-10-7-11(17(20)21)1-3-13(10)15-5-6-16-12(8-15)2-4-14(16)19/h1,3,7,12,18H,2,4-6,8-9H2. The second-order valence-corrected chi connectivity index (χ2v) is 5.45. The third-order valence-electron chi connectivity index (χ3n) is 4.28. The zero-order chi connectivity index (χ0) is 15.0. The van der Waals surface area contributed by atoms with Crippen molar-refractivity contribution in [2.75, 3.05) is 24.5 Å². The molecule has 1 unspecified atom stereocenters. The molecule has 0 saturated carbocycles. The molecule has 2 fully saturated rings. The summed E-state index contributed by atoms with van der Waals surface area (Å²) >= 11 is 0. The SMILES string of the molecule is O=C1CCC2CN(c3ccc([N+](=O)[O-])cc3CO)CCN12. The molecule has 1 aromatic carbocycles. The molecule has 7 nitrogen and oxygen atoms in total. The van der Waals surface area contributed by atoms with Gasteiger partial charge in [0.05, 0.1) is 11.5 Å². The number of carbonyl (C=O) groups excluding carboxylic acids is 1. The lowest BCUT2D eigenvalue weighted by molar-refractivity contribution is -0.384. The number of anilines is 1. The molecule has 1 amide bonds. The summed E-state index contributed by atoms with van der Waals surface area (Å²) in [5.41, 5.74) is 1.36. The highest BCUT2D eigenvalue weighted by Gasteiger charge is 2.36. The number of benzene rings is 1. The summed E-state index contributed by atoms with van der Waals surface area (Å²) in [5.74, 6) is 0.214. The number of piperazine rings is 1. The first kappa shape index (κ1) is 13.8. The number of aliphatic hydroxyl groups excluding tert-OH is 1. The number of amides is 1. The Labute approximate surface area is 121 Å². The number of aliphatic hydroxyl groups is 1. The third kappa shape index (κ3) is 2.44. The molecule has 2 aliphatic rings. The Morgan fingerprint density at radius 1 is 1.38 bits per heavy atom. The van der Waals surface area contributed by atoms with Gasteiger partial charge in [0.2, 0.25) is 5.91 Å². The van der Waals surface area contributed by atoms with E-state index in [-0.39, 0.29) is 24.2 Å². The number of nitro benzene ring substituents is 1. The first-order valence-corrected chi connectivity index (χ1v) is 7.02. The van der Waals surface area contributed by atoms with Crippen LogP contribution < -0.4 is 4.90 Å². The van der Waals surface area contributed by atoms with Gasteiger partial charge in [0.15, 0.2) is 0 Å². The van der Waals surface area contributed by atoms with Crippen LogP contribution in [0.1, 0.15) is 18.4 Å². The van der Waals surface area contributed by atoms with Crippen LogP contribution in [0.3, 0.4) is 0 Å². The summed E-state index contributed by atoms with van der Waals surface area (Å²) in [6.45, 7) is 1.84. The van der Waals surface area contributed by atoms with Gasteiger partial charge in [0, 0.05) is 55.5 Å². The minimum absolute atomic E-state index is 0.0162. The molecule has 0 aromatic heterocycles. The summed E-state index contributed by atoms with van der Waals surface area (Å²) in [7, 11) is 0. The maximum atomic E-state index is 11.7. The van der Waals surface area contributed by atoms with Gasteiger partial charge in [-0.2, -0.15) is 0 Å². The number of nitro groups is 1. The zero-order valence-electron chi connectivity index (χ0n) is 11.6. The number of rotatable bonds is 3. The van der Waals surface area contributed by atoms with Gasteiger partial charge < -0.3 is 14.9 Å². The number of fused-ring (bicyclic) bond motifs is 1. The molecule has 0 bridgehead atoms. The van der Waals surface area contributed by atoms with Crippen molar-refractivity contribution >= 4 is 17.3 Å². The Morgan fingerprint density at radius 2 is 2.19 bits per heavy atom. The van der Waals surface area contributed by atoms with Gasteiger partial charge in [-0.25, -0.2) is 0 Å². The first-order valence-electron chi connectivity index (χ1n) is 7.02. The first-order chi connectivity index (χ1) is 10.1. The molecule has 2 heterocycles. The van der Waals surface area contributed by atoms with E-state index in [4.69, 9.17) is 0 Å². The minimum atomic E-state index is -0.462. The third-order valence-corrected chi connectivity index (χ3v) is 4.28. The summed E-state index contributed by atoms with van der Waals surface area (Å²) < 4.78 is 0. The summed E-state index contributed by atoms with van der Waals surface area (Å²) in [6, 6.07) is 4.78. The molecule has 1 atom stereocenters. The van der Waals surface area contributed by atoms with Crippen LogP contribution >= 0.6 is 0 Å². The highest BCUT2D eigenvalue weighted by Crippen LogP contribution is 2.30. The molecule has 21 heavy (non-hydrogen) atoms. The largest absolute Gasteiger partial charge is 0.392 e. The maximum Gasteiger partial charge on any atom is 0.269 e. The smallest absolute Gasteiger partial charge is 0.269 e. The summed E-state index contributed by atoms with van der Waals surface area (Å²) in [6.07, 6.45) is 1.46. The number of carbonyl (C=O) groups is 1. The Hall–Kier alpha value is -2.15. The Kier molecular flexibility index (Phi) is 3.50. The van der Waals surface area contributed by atoms with E-state index >= 15 is 0 Å². The van der Waals surface area contributed by atoms with E-state index in [2.05, 4.69) is 4.90 Å². The van der Waals surface area contributed by atoms with Crippen molar-refractivity contribution in [1.29, 1.82) is 0 Å². The molecule has 3 rings (SSSR count). The second-order valence-electron chi connectivity index (χ2n) is 5.45. The fourth-order valence-electron chi connectivity index (χ4n) is 3.20. The van der Waals surface area contributed by atoms with Crippen molar-refractivity contribution in [3.8, 4) is 0 Å². The van der Waals surface area contributed by atoms with Gasteiger partial charge in [0.1, 0.15) is 0 Å². The van der Waals surface area contributed by atoms with Crippen LogP contribution in [0.4, 0.5) is 11.4 Å². The van der Waals surface area contributed by atoms with Gasteiger partial charge in [-0.1, -0.05) is 0 Å². The molecule has 112 valence electrons. The van der Waals surface area contributed by atoms with Crippen molar-refractivity contribution in [2.24, 2.45) is 0 Å². The minimum Gasteiger partial charge on any atom is -0.392 e. The van der Waals surface area contributed by atoms with E-state index in [1.54, 1.807) is 6.07 Å². The van der Waals surface area contributed by atoms with Crippen molar-refractivity contribution < 1.29 is 14.8 Å². The number of hydrogen-bond acceptors (Lipinski definition) is 5. The van der Waals surface area contributed by atoms with Crippen molar-refractivity contribution in [1.82, 2.24) is 4.90 Å².